The summed E-state index contributed by atoms with van der Waals surface area (Å²) in [6, 6.07) is 12.9. The lowest BCUT2D eigenvalue weighted by Crippen LogP contribution is -2.17. The minimum absolute atomic E-state index is 0.246. The van der Waals surface area contributed by atoms with Gasteiger partial charge in [-0.2, -0.15) is 5.10 Å². The van der Waals surface area contributed by atoms with Crippen LogP contribution in [-0.4, -0.2) is 26.3 Å². The van der Waals surface area contributed by atoms with Crippen molar-refractivity contribution in [2.75, 3.05) is 14.2 Å². The molecule has 1 amide bonds. The van der Waals surface area contributed by atoms with E-state index in [4.69, 9.17) is 9.47 Å². The van der Waals surface area contributed by atoms with Crippen molar-refractivity contribution in [1.29, 1.82) is 0 Å². The molecule has 2 aromatic carbocycles. The molecule has 120 valence electrons. The van der Waals surface area contributed by atoms with Gasteiger partial charge in [-0.15, -0.1) is 0 Å². The van der Waals surface area contributed by atoms with Gasteiger partial charge in [0.1, 0.15) is 0 Å². The number of ether oxygens (including phenoxy) is 2. The number of hydrazone groups is 1. The normalized spacial score (nSPS) is 10.6. The highest BCUT2D eigenvalue weighted by Gasteiger charge is 2.05. The van der Waals surface area contributed by atoms with E-state index in [1.807, 2.05) is 18.2 Å². The monoisotopic (exact) mass is 312 g/mol. The summed E-state index contributed by atoms with van der Waals surface area (Å²) in [6.45, 7) is 2.07. The van der Waals surface area contributed by atoms with E-state index in [-0.39, 0.29) is 5.91 Å². The first-order valence-electron chi connectivity index (χ1n) is 7.32. The third kappa shape index (κ3) is 4.32. The largest absolute Gasteiger partial charge is 0.493 e. The van der Waals surface area contributed by atoms with Gasteiger partial charge in [0.2, 0.25) is 0 Å². The van der Waals surface area contributed by atoms with Crippen molar-refractivity contribution < 1.29 is 14.3 Å². The molecule has 1 N–H and O–H groups in total. The van der Waals surface area contributed by atoms with Crippen LogP contribution in [0.15, 0.2) is 47.6 Å². The van der Waals surface area contributed by atoms with Gasteiger partial charge in [-0.25, -0.2) is 5.43 Å². The zero-order chi connectivity index (χ0) is 16.7. The van der Waals surface area contributed by atoms with Crippen LogP contribution in [0.5, 0.6) is 11.5 Å². The molecule has 0 aromatic heterocycles. The number of hydrogen-bond donors (Lipinski definition) is 1. The molecule has 2 aromatic rings. The van der Waals surface area contributed by atoms with E-state index in [0.29, 0.717) is 17.1 Å². The van der Waals surface area contributed by atoms with Crippen LogP contribution in [0, 0.1) is 0 Å². The summed E-state index contributed by atoms with van der Waals surface area (Å²) in [7, 11) is 3.15. The molecule has 0 saturated carbocycles. The first-order valence-corrected chi connectivity index (χ1v) is 7.32. The van der Waals surface area contributed by atoms with Gasteiger partial charge in [0, 0.05) is 5.56 Å². The Hall–Kier alpha value is -2.82. The summed E-state index contributed by atoms with van der Waals surface area (Å²) < 4.78 is 10.4. The fourth-order valence-corrected chi connectivity index (χ4v) is 2.05. The van der Waals surface area contributed by atoms with Crippen LogP contribution >= 0.6 is 0 Å². The van der Waals surface area contributed by atoms with Crippen molar-refractivity contribution >= 4 is 12.1 Å². The number of carbonyl (C=O) groups excluding carboxylic acids is 1. The lowest BCUT2D eigenvalue weighted by Gasteiger charge is -2.07. The molecule has 0 saturated heterocycles. The van der Waals surface area contributed by atoms with Crippen LogP contribution in [-0.2, 0) is 6.42 Å². The van der Waals surface area contributed by atoms with E-state index in [2.05, 4.69) is 17.5 Å². The molecule has 5 nitrogen and oxygen atoms in total. The van der Waals surface area contributed by atoms with Gasteiger partial charge in [-0.1, -0.05) is 19.1 Å². The number of benzene rings is 2. The fraction of sp³-hybridized carbons (Fsp3) is 0.222. The van der Waals surface area contributed by atoms with Gasteiger partial charge in [0.05, 0.1) is 20.4 Å². The third-order valence-corrected chi connectivity index (χ3v) is 3.41. The van der Waals surface area contributed by atoms with E-state index in [1.54, 1.807) is 44.7 Å². The molecule has 0 atom stereocenters. The average Bonchev–Trinajstić information content (AvgIpc) is 2.61. The Morgan fingerprint density at radius 2 is 1.78 bits per heavy atom. The number of nitrogens with zero attached hydrogens (tertiary/aromatic N) is 1. The summed E-state index contributed by atoms with van der Waals surface area (Å²) in [5.74, 6) is 1.01. The second-order valence-electron chi connectivity index (χ2n) is 4.86. The Bertz CT molecular complexity index is 694. The molecule has 0 spiro atoms. The van der Waals surface area contributed by atoms with Crippen LogP contribution in [0.3, 0.4) is 0 Å². The quantitative estimate of drug-likeness (QED) is 0.659. The smallest absolute Gasteiger partial charge is 0.271 e. The maximum atomic E-state index is 12.0. The average molecular weight is 312 g/mol. The summed E-state index contributed by atoms with van der Waals surface area (Å²) in [5.41, 5.74) is 5.07. The highest BCUT2D eigenvalue weighted by molar-refractivity contribution is 5.94. The second-order valence-corrected chi connectivity index (χ2v) is 4.86. The van der Waals surface area contributed by atoms with Crippen LogP contribution < -0.4 is 14.9 Å². The highest BCUT2D eigenvalue weighted by atomic mass is 16.5. The number of hydrogen-bond acceptors (Lipinski definition) is 4. The predicted molar refractivity (Wildman–Crippen MR) is 90.4 cm³/mol. The molecule has 0 unspecified atom stereocenters. The van der Waals surface area contributed by atoms with Crippen LogP contribution in [0.25, 0.3) is 0 Å². The first-order chi connectivity index (χ1) is 11.2. The van der Waals surface area contributed by atoms with Crippen molar-refractivity contribution in [2.45, 2.75) is 13.3 Å². The first kappa shape index (κ1) is 16.5. The molecule has 5 heteroatoms. The highest BCUT2D eigenvalue weighted by Crippen LogP contribution is 2.26. The van der Waals surface area contributed by atoms with Crippen molar-refractivity contribution in [3.8, 4) is 11.5 Å². The Labute approximate surface area is 135 Å². The van der Waals surface area contributed by atoms with E-state index in [1.165, 1.54) is 5.56 Å². The molecule has 23 heavy (non-hydrogen) atoms. The van der Waals surface area contributed by atoms with E-state index in [9.17, 15) is 4.79 Å². The number of aryl methyl sites for hydroxylation is 1. The van der Waals surface area contributed by atoms with Gasteiger partial charge in [0.15, 0.2) is 11.5 Å². The number of amides is 1. The minimum atomic E-state index is -0.246. The summed E-state index contributed by atoms with van der Waals surface area (Å²) in [5, 5.41) is 3.97. The summed E-state index contributed by atoms with van der Waals surface area (Å²) >= 11 is 0. The summed E-state index contributed by atoms with van der Waals surface area (Å²) in [6.07, 6.45) is 2.50. The van der Waals surface area contributed by atoms with Gasteiger partial charge < -0.3 is 9.47 Å². The molecule has 0 fully saturated rings. The molecule has 0 radical (unpaired) electrons. The van der Waals surface area contributed by atoms with Crippen LogP contribution in [0.2, 0.25) is 0 Å². The third-order valence-electron chi connectivity index (χ3n) is 3.41. The van der Waals surface area contributed by atoms with Crippen molar-refractivity contribution in [2.24, 2.45) is 5.10 Å². The van der Waals surface area contributed by atoms with Crippen molar-refractivity contribution in [1.82, 2.24) is 5.43 Å². The van der Waals surface area contributed by atoms with E-state index >= 15 is 0 Å². The number of nitrogens with one attached hydrogen (secondary N) is 1. The molecule has 0 bridgehead atoms. The van der Waals surface area contributed by atoms with Gasteiger partial charge >= 0.3 is 0 Å². The molecular formula is C18H20N2O3. The van der Waals surface area contributed by atoms with Crippen molar-refractivity contribution in [3.05, 3.63) is 59.2 Å². The molecule has 0 aliphatic carbocycles. The van der Waals surface area contributed by atoms with Crippen LogP contribution in [0.4, 0.5) is 0 Å². The standard InChI is InChI=1S/C18H20N2O3/c1-4-13-5-8-15(9-6-13)18(21)20-19-12-14-7-10-16(22-2)17(11-14)23-3/h5-12H,4H2,1-3H3,(H,20,21)/b19-12-. The molecule has 2 rings (SSSR count). The lowest BCUT2D eigenvalue weighted by atomic mass is 10.1. The van der Waals surface area contributed by atoms with Gasteiger partial charge in [0.25, 0.3) is 5.91 Å². The minimum Gasteiger partial charge on any atom is -0.493 e. The Kier molecular flexibility index (Phi) is 5.74. The molecule has 0 heterocycles. The van der Waals surface area contributed by atoms with Gasteiger partial charge in [-0.3, -0.25) is 4.79 Å². The lowest BCUT2D eigenvalue weighted by molar-refractivity contribution is 0.0955. The zero-order valence-corrected chi connectivity index (χ0v) is 13.5. The molecular weight excluding hydrogens is 292 g/mol. The Morgan fingerprint density at radius 1 is 1.09 bits per heavy atom. The number of carbonyl (C=O) groups is 1. The van der Waals surface area contributed by atoms with E-state index in [0.717, 1.165) is 12.0 Å². The molecule has 0 aliphatic heterocycles. The Morgan fingerprint density at radius 3 is 2.39 bits per heavy atom. The maximum Gasteiger partial charge on any atom is 0.271 e. The fourth-order valence-electron chi connectivity index (χ4n) is 2.05. The van der Waals surface area contributed by atoms with Crippen molar-refractivity contribution in [3.63, 3.8) is 0 Å². The zero-order valence-electron chi connectivity index (χ0n) is 13.5. The Balaban J connectivity index is 2.01. The number of methoxy groups -OCH3 is 2. The van der Waals surface area contributed by atoms with E-state index < -0.39 is 0 Å². The predicted octanol–water partition coefficient (Wildman–Crippen LogP) is 3.03. The maximum absolute atomic E-state index is 12.0. The molecule has 0 aliphatic rings. The van der Waals surface area contributed by atoms with Gasteiger partial charge in [-0.05, 0) is 47.9 Å². The topological polar surface area (TPSA) is 59.9 Å². The second kappa shape index (κ2) is 7.98. The summed E-state index contributed by atoms with van der Waals surface area (Å²) in [4.78, 5) is 12.0. The van der Waals surface area contributed by atoms with Crippen LogP contribution in [0.1, 0.15) is 28.4 Å². The number of rotatable bonds is 6. The SMILES string of the molecule is CCc1ccc(C(=O)N/N=C\c2ccc(OC)c(OC)c2)cc1.